The summed E-state index contributed by atoms with van der Waals surface area (Å²) in [7, 11) is 0. The number of aryl methyl sites for hydroxylation is 1. The van der Waals surface area contributed by atoms with Crippen molar-refractivity contribution in [3.8, 4) is 0 Å². The van der Waals surface area contributed by atoms with Gasteiger partial charge in [0, 0.05) is 24.2 Å². The Balaban J connectivity index is 1.93. The first-order valence-corrected chi connectivity index (χ1v) is 7.54. The monoisotopic (exact) mass is 284 g/mol. The molecule has 1 aromatic carbocycles. The van der Waals surface area contributed by atoms with E-state index in [1.54, 1.807) is 4.57 Å². The van der Waals surface area contributed by atoms with Crippen LogP contribution in [0.2, 0.25) is 0 Å². The third-order valence-corrected chi connectivity index (χ3v) is 4.23. The number of carbonyl (C=O) groups is 1. The quantitative estimate of drug-likeness (QED) is 0.849. The van der Waals surface area contributed by atoms with Crippen LogP contribution in [0.1, 0.15) is 25.0 Å². The number of carbonyl (C=O) groups excluding carboxylic acids is 1. The Morgan fingerprint density at radius 1 is 1.14 bits per heavy atom. The van der Waals surface area contributed by atoms with Crippen LogP contribution in [0.15, 0.2) is 35.1 Å². The summed E-state index contributed by atoms with van der Waals surface area (Å²) in [6.45, 7) is 3.67. The fourth-order valence-electron chi connectivity index (χ4n) is 3.00. The van der Waals surface area contributed by atoms with Gasteiger partial charge in [-0.15, -0.1) is 0 Å². The third kappa shape index (κ3) is 2.71. The Labute approximate surface area is 124 Å². The Morgan fingerprint density at radius 2 is 1.86 bits per heavy atom. The highest BCUT2D eigenvalue weighted by Gasteiger charge is 2.18. The second-order valence-electron chi connectivity index (χ2n) is 5.71. The molecule has 0 atom stereocenters. The molecule has 21 heavy (non-hydrogen) atoms. The smallest absolute Gasteiger partial charge is 0.259 e. The number of amides is 1. The number of hydrogen-bond acceptors (Lipinski definition) is 2. The van der Waals surface area contributed by atoms with Crippen molar-refractivity contribution in [3.05, 3.63) is 46.4 Å². The van der Waals surface area contributed by atoms with E-state index in [0.717, 1.165) is 37.0 Å². The van der Waals surface area contributed by atoms with Crippen LogP contribution in [0.25, 0.3) is 10.8 Å². The number of rotatable bonds is 2. The maximum absolute atomic E-state index is 12.6. The highest BCUT2D eigenvalue weighted by Crippen LogP contribution is 2.13. The summed E-state index contributed by atoms with van der Waals surface area (Å²) in [4.78, 5) is 26.8. The van der Waals surface area contributed by atoms with E-state index in [-0.39, 0.29) is 18.0 Å². The minimum atomic E-state index is -0.0732. The maximum atomic E-state index is 12.6. The van der Waals surface area contributed by atoms with Gasteiger partial charge in [0.25, 0.3) is 5.56 Å². The molecule has 1 amide bonds. The molecular weight excluding hydrogens is 264 g/mol. The topological polar surface area (TPSA) is 42.3 Å². The van der Waals surface area contributed by atoms with Gasteiger partial charge < -0.3 is 9.47 Å². The predicted molar refractivity (Wildman–Crippen MR) is 83.4 cm³/mol. The number of fused-ring (bicyclic) bond motifs is 1. The van der Waals surface area contributed by atoms with E-state index in [2.05, 4.69) is 0 Å². The first kappa shape index (κ1) is 13.9. The standard InChI is InChI=1S/C17H20N2O2/c1-13-11-14-7-3-4-8-15(14)17(21)19(13)12-16(20)18-9-5-2-6-10-18/h3-4,7-8,11H,2,5-6,9-10,12H2,1H3. The van der Waals surface area contributed by atoms with Crippen molar-refractivity contribution in [1.82, 2.24) is 9.47 Å². The summed E-state index contributed by atoms with van der Waals surface area (Å²) in [5.74, 6) is 0.0511. The van der Waals surface area contributed by atoms with Crippen molar-refractivity contribution in [2.24, 2.45) is 0 Å². The van der Waals surface area contributed by atoms with Crippen molar-refractivity contribution in [3.63, 3.8) is 0 Å². The average Bonchev–Trinajstić information content (AvgIpc) is 2.52. The van der Waals surface area contributed by atoms with Gasteiger partial charge in [0.05, 0.1) is 0 Å². The second kappa shape index (κ2) is 5.72. The zero-order valence-electron chi connectivity index (χ0n) is 12.3. The molecule has 0 aliphatic carbocycles. The van der Waals surface area contributed by atoms with Crippen LogP contribution in [0.3, 0.4) is 0 Å². The number of hydrogen-bond donors (Lipinski definition) is 0. The summed E-state index contributed by atoms with van der Waals surface area (Å²) >= 11 is 0. The Morgan fingerprint density at radius 3 is 2.62 bits per heavy atom. The largest absolute Gasteiger partial charge is 0.341 e. The molecule has 0 radical (unpaired) electrons. The maximum Gasteiger partial charge on any atom is 0.259 e. The minimum Gasteiger partial charge on any atom is -0.341 e. The van der Waals surface area contributed by atoms with E-state index in [0.29, 0.717) is 5.39 Å². The van der Waals surface area contributed by atoms with E-state index in [1.165, 1.54) is 6.42 Å². The van der Waals surface area contributed by atoms with Gasteiger partial charge in [-0.1, -0.05) is 18.2 Å². The fourth-order valence-corrected chi connectivity index (χ4v) is 3.00. The van der Waals surface area contributed by atoms with Gasteiger partial charge in [0.15, 0.2) is 0 Å². The molecule has 0 N–H and O–H groups in total. The molecule has 0 spiro atoms. The molecular formula is C17H20N2O2. The van der Waals surface area contributed by atoms with Gasteiger partial charge in [-0.25, -0.2) is 0 Å². The molecule has 3 rings (SSSR count). The number of pyridine rings is 1. The SMILES string of the molecule is Cc1cc2ccccc2c(=O)n1CC(=O)N1CCCCC1. The predicted octanol–water partition coefficient (Wildman–Crippen LogP) is 2.32. The molecule has 2 aromatic rings. The first-order valence-electron chi connectivity index (χ1n) is 7.54. The molecule has 1 aromatic heterocycles. The summed E-state index contributed by atoms with van der Waals surface area (Å²) in [6.07, 6.45) is 3.33. The van der Waals surface area contributed by atoms with Crippen LogP contribution in [-0.4, -0.2) is 28.5 Å². The zero-order valence-corrected chi connectivity index (χ0v) is 12.3. The molecule has 2 heterocycles. The molecule has 4 nitrogen and oxygen atoms in total. The second-order valence-corrected chi connectivity index (χ2v) is 5.71. The van der Waals surface area contributed by atoms with Crippen LogP contribution in [0, 0.1) is 6.92 Å². The molecule has 0 bridgehead atoms. The molecule has 1 saturated heterocycles. The van der Waals surface area contributed by atoms with Gasteiger partial charge in [-0.2, -0.15) is 0 Å². The summed E-state index contributed by atoms with van der Waals surface area (Å²) < 4.78 is 1.60. The van der Waals surface area contributed by atoms with Crippen molar-refractivity contribution in [1.29, 1.82) is 0 Å². The zero-order chi connectivity index (χ0) is 14.8. The van der Waals surface area contributed by atoms with Crippen LogP contribution < -0.4 is 5.56 Å². The van der Waals surface area contributed by atoms with Crippen molar-refractivity contribution in [2.45, 2.75) is 32.7 Å². The van der Waals surface area contributed by atoms with Crippen molar-refractivity contribution >= 4 is 16.7 Å². The number of nitrogens with zero attached hydrogens (tertiary/aromatic N) is 2. The molecule has 110 valence electrons. The van der Waals surface area contributed by atoms with E-state index in [1.807, 2.05) is 42.2 Å². The normalized spacial score (nSPS) is 15.4. The van der Waals surface area contributed by atoms with E-state index in [4.69, 9.17) is 0 Å². The summed E-state index contributed by atoms with van der Waals surface area (Å²) in [6, 6.07) is 9.50. The third-order valence-electron chi connectivity index (χ3n) is 4.23. The highest BCUT2D eigenvalue weighted by atomic mass is 16.2. The minimum absolute atomic E-state index is 0.0511. The highest BCUT2D eigenvalue weighted by molar-refractivity contribution is 5.82. The van der Waals surface area contributed by atoms with Crippen LogP contribution in [-0.2, 0) is 11.3 Å². The lowest BCUT2D eigenvalue weighted by atomic mass is 10.1. The van der Waals surface area contributed by atoms with Gasteiger partial charge in [0.1, 0.15) is 6.54 Å². The number of benzene rings is 1. The van der Waals surface area contributed by atoms with E-state index < -0.39 is 0 Å². The van der Waals surface area contributed by atoms with Gasteiger partial charge in [0.2, 0.25) is 5.91 Å². The molecule has 0 unspecified atom stereocenters. The molecule has 1 fully saturated rings. The number of piperidine rings is 1. The lowest BCUT2D eigenvalue weighted by Gasteiger charge is -2.27. The summed E-state index contributed by atoms with van der Waals surface area (Å²) in [5, 5.41) is 1.61. The summed E-state index contributed by atoms with van der Waals surface area (Å²) in [5.41, 5.74) is 0.764. The molecule has 1 aliphatic heterocycles. The Hall–Kier alpha value is -2.10. The molecule has 4 heteroatoms. The first-order chi connectivity index (χ1) is 10.2. The van der Waals surface area contributed by atoms with Crippen LogP contribution >= 0.6 is 0 Å². The van der Waals surface area contributed by atoms with E-state index in [9.17, 15) is 9.59 Å². The van der Waals surface area contributed by atoms with Crippen molar-refractivity contribution in [2.75, 3.05) is 13.1 Å². The number of likely N-dealkylation sites (tertiary alicyclic amines) is 1. The fraction of sp³-hybridized carbons (Fsp3) is 0.412. The van der Waals surface area contributed by atoms with Crippen LogP contribution in [0.4, 0.5) is 0 Å². The van der Waals surface area contributed by atoms with Crippen molar-refractivity contribution < 1.29 is 4.79 Å². The van der Waals surface area contributed by atoms with Crippen LogP contribution in [0.5, 0.6) is 0 Å². The molecule has 1 aliphatic rings. The Bertz CT molecular complexity index is 727. The lowest BCUT2D eigenvalue weighted by Crippen LogP contribution is -2.40. The Kier molecular flexibility index (Phi) is 3.78. The average molecular weight is 284 g/mol. The number of aromatic nitrogens is 1. The lowest BCUT2D eigenvalue weighted by molar-refractivity contribution is -0.132. The van der Waals surface area contributed by atoms with Gasteiger partial charge >= 0.3 is 0 Å². The van der Waals surface area contributed by atoms with E-state index >= 15 is 0 Å². The molecule has 0 saturated carbocycles. The van der Waals surface area contributed by atoms with Gasteiger partial charge in [-0.3, -0.25) is 9.59 Å². The van der Waals surface area contributed by atoms with Gasteiger partial charge in [-0.05, 0) is 43.7 Å².